The molecule has 26 heavy (non-hydrogen) atoms. The summed E-state index contributed by atoms with van der Waals surface area (Å²) in [5, 5.41) is 3.96. The lowest BCUT2D eigenvalue weighted by Crippen LogP contribution is -2.25. The van der Waals surface area contributed by atoms with E-state index in [0.717, 1.165) is 32.9 Å². The maximum atomic E-state index is 12.3. The van der Waals surface area contributed by atoms with Crippen LogP contribution in [-0.2, 0) is 6.42 Å². The van der Waals surface area contributed by atoms with Gasteiger partial charge >= 0.3 is 0 Å². The van der Waals surface area contributed by atoms with Crippen LogP contribution >= 0.6 is 27.3 Å². The average Bonchev–Trinajstić information content (AvgIpc) is 3.03. The number of aryl methyl sites for hydroxylation is 1. The number of hydrogen-bond acceptors (Lipinski definition) is 4. The van der Waals surface area contributed by atoms with Gasteiger partial charge in [0.1, 0.15) is 10.8 Å². The van der Waals surface area contributed by atoms with Crippen LogP contribution in [-0.4, -0.2) is 24.5 Å². The normalized spacial score (nSPS) is 10.6. The number of rotatable bonds is 6. The molecule has 0 atom stereocenters. The third-order valence-electron chi connectivity index (χ3n) is 3.99. The van der Waals surface area contributed by atoms with Crippen molar-refractivity contribution in [3.8, 4) is 16.3 Å². The summed E-state index contributed by atoms with van der Waals surface area (Å²) < 4.78 is 5.99. The van der Waals surface area contributed by atoms with E-state index in [9.17, 15) is 4.79 Å². The van der Waals surface area contributed by atoms with Crippen LogP contribution in [0.4, 0.5) is 0 Å². The van der Waals surface area contributed by atoms with Gasteiger partial charge in [0.2, 0.25) is 0 Å². The lowest BCUT2D eigenvalue weighted by atomic mass is 10.2. The standard InChI is InChI=1S/C20H19BrN2O2S/c1-13-18(11-12-22-19(24)16-5-3-4-6-17(16)21)26-20(23-13)14-7-9-15(25-2)10-8-14/h3-10H,11-12H2,1-2H3,(H,22,24). The number of aromatic nitrogens is 1. The first kappa shape index (κ1) is 18.6. The van der Waals surface area contributed by atoms with Gasteiger partial charge in [0.25, 0.3) is 5.91 Å². The van der Waals surface area contributed by atoms with Crippen molar-refractivity contribution in [3.63, 3.8) is 0 Å². The molecule has 1 amide bonds. The number of nitrogens with one attached hydrogen (secondary N) is 1. The summed E-state index contributed by atoms with van der Waals surface area (Å²) in [5.74, 6) is 0.757. The molecule has 0 aliphatic rings. The molecule has 1 aromatic heterocycles. The van der Waals surface area contributed by atoms with Crippen LogP contribution in [0.2, 0.25) is 0 Å². The molecule has 1 heterocycles. The van der Waals surface area contributed by atoms with Gasteiger partial charge in [-0.1, -0.05) is 12.1 Å². The van der Waals surface area contributed by atoms with E-state index >= 15 is 0 Å². The zero-order valence-corrected chi connectivity index (χ0v) is 17.0. The van der Waals surface area contributed by atoms with E-state index < -0.39 is 0 Å². The zero-order chi connectivity index (χ0) is 18.5. The molecule has 3 aromatic rings. The SMILES string of the molecule is COc1ccc(-c2nc(C)c(CCNC(=O)c3ccccc3Br)s2)cc1. The molecule has 1 N–H and O–H groups in total. The van der Waals surface area contributed by atoms with Crippen LogP contribution in [0.1, 0.15) is 20.9 Å². The number of nitrogens with zero attached hydrogens (tertiary/aromatic N) is 1. The Morgan fingerprint density at radius 3 is 2.62 bits per heavy atom. The van der Waals surface area contributed by atoms with Crippen LogP contribution in [0.3, 0.4) is 0 Å². The maximum absolute atomic E-state index is 12.3. The average molecular weight is 431 g/mol. The van der Waals surface area contributed by atoms with Gasteiger partial charge in [-0.3, -0.25) is 4.79 Å². The Labute approximate surface area is 165 Å². The first-order valence-electron chi connectivity index (χ1n) is 8.22. The van der Waals surface area contributed by atoms with Crippen LogP contribution < -0.4 is 10.1 Å². The number of carbonyl (C=O) groups excluding carboxylic acids is 1. The Bertz CT molecular complexity index is 906. The van der Waals surface area contributed by atoms with Crippen molar-refractivity contribution in [2.24, 2.45) is 0 Å². The molecule has 0 aliphatic heterocycles. The van der Waals surface area contributed by atoms with E-state index in [1.54, 1.807) is 24.5 Å². The van der Waals surface area contributed by atoms with E-state index in [1.165, 1.54) is 4.88 Å². The number of carbonyl (C=O) groups is 1. The van der Waals surface area contributed by atoms with Crippen molar-refractivity contribution in [1.29, 1.82) is 0 Å². The number of ether oxygens (including phenoxy) is 1. The van der Waals surface area contributed by atoms with Gasteiger partial charge < -0.3 is 10.1 Å². The summed E-state index contributed by atoms with van der Waals surface area (Å²) in [5.41, 5.74) is 2.73. The maximum Gasteiger partial charge on any atom is 0.252 e. The molecule has 0 unspecified atom stereocenters. The Morgan fingerprint density at radius 2 is 1.92 bits per heavy atom. The molecule has 0 radical (unpaired) electrons. The zero-order valence-electron chi connectivity index (χ0n) is 14.6. The topological polar surface area (TPSA) is 51.2 Å². The Balaban J connectivity index is 1.63. The van der Waals surface area contributed by atoms with Crippen LogP contribution in [0.15, 0.2) is 53.0 Å². The minimum atomic E-state index is -0.0741. The second kappa shape index (κ2) is 8.47. The molecular formula is C20H19BrN2O2S. The van der Waals surface area contributed by atoms with Crippen molar-refractivity contribution in [1.82, 2.24) is 10.3 Å². The number of halogens is 1. The Kier molecular flexibility index (Phi) is 6.06. The van der Waals surface area contributed by atoms with E-state index in [1.807, 2.05) is 49.4 Å². The van der Waals surface area contributed by atoms with Crippen molar-refractivity contribution >= 4 is 33.2 Å². The molecule has 4 nitrogen and oxygen atoms in total. The number of thiazole rings is 1. The minimum absolute atomic E-state index is 0.0741. The summed E-state index contributed by atoms with van der Waals surface area (Å²) in [6, 6.07) is 15.3. The number of methoxy groups -OCH3 is 1. The van der Waals surface area contributed by atoms with Crippen molar-refractivity contribution in [2.45, 2.75) is 13.3 Å². The fourth-order valence-corrected chi connectivity index (χ4v) is 4.08. The molecule has 6 heteroatoms. The Morgan fingerprint density at radius 1 is 1.19 bits per heavy atom. The number of amides is 1. The van der Waals surface area contributed by atoms with Crippen molar-refractivity contribution in [3.05, 3.63) is 69.1 Å². The quantitative estimate of drug-likeness (QED) is 0.607. The van der Waals surface area contributed by atoms with Gasteiger partial charge in [0.15, 0.2) is 0 Å². The highest BCUT2D eigenvalue weighted by Crippen LogP contribution is 2.29. The first-order chi connectivity index (χ1) is 12.6. The van der Waals surface area contributed by atoms with Crippen molar-refractivity contribution in [2.75, 3.05) is 13.7 Å². The summed E-state index contributed by atoms with van der Waals surface area (Å²) in [4.78, 5) is 18.1. The van der Waals surface area contributed by atoms with Gasteiger partial charge in [-0.15, -0.1) is 11.3 Å². The third-order valence-corrected chi connectivity index (χ3v) is 5.94. The molecule has 0 saturated heterocycles. The molecule has 0 saturated carbocycles. The van der Waals surface area contributed by atoms with Gasteiger partial charge in [-0.25, -0.2) is 4.98 Å². The highest BCUT2D eigenvalue weighted by Gasteiger charge is 2.12. The number of benzene rings is 2. The smallest absolute Gasteiger partial charge is 0.252 e. The predicted octanol–water partition coefficient (Wildman–Crippen LogP) is 4.86. The van der Waals surface area contributed by atoms with Gasteiger partial charge in [-0.2, -0.15) is 0 Å². The first-order valence-corrected chi connectivity index (χ1v) is 9.83. The molecular weight excluding hydrogens is 412 g/mol. The molecule has 0 spiro atoms. The molecule has 0 fully saturated rings. The fraction of sp³-hybridized carbons (Fsp3) is 0.200. The van der Waals surface area contributed by atoms with Crippen LogP contribution in [0.5, 0.6) is 5.75 Å². The van der Waals surface area contributed by atoms with Gasteiger partial charge in [-0.05, 0) is 59.3 Å². The fourth-order valence-electron chi connectivity index (χ4n) is 2.55. The second-order valence-electron chi connectivity index (χ2n) is 5.74. The Hall–Kier alpha value is -2.18. The van der Waals surface area contributed by atoms with Crippen LogP contribution in [0.25, 0.3) is 10.6 Å². The molecule has 0 bridgehead atoms. The lowest BCUT2D eigenvalue weighted by molar-refractivity contribution is 0.0953. The molecule has 2 aromatic carbocycles. The minimum Gasteiger partial charge on any atom is -0.497 e. The highest BCUT2D eigenvalue weighted by atomic mass is 79.9. The summed E-state index contributed by atoms with van der Waals surface area (Å²) in [7, 11) is 1.66. The van der Waals surface area contributed by atoms with Gasteiger partial charge in [0.05, 0.1) is 18.4 Å². The second-order valence-corrected chi connectivity index (χ2v) is 7.68. The third kappa shape index (κ3) is 4.31. The lowest BCUT2D eigenvalue weighted by Gasteiger charge is -2.06. The molecule has 134 valence electrons. The van der Waals surface area contributed by atoms with E-state index in [4.69, 9.17) is 4.74 Å². The van der Waals surface area contributed by atoms with Crippen molar-refractivity contribution < 1.29 is 9.53 Å². The van der Waals surface area contributed by atoms with E-state index in [-0.39, 0.29) is 5.91 Å². The molecule has 0 aliphatic carbocycles. The van der Waals surface area contributed by atoms with E-state index in [0.29, 0.717) is 12.1 Å². The largest absolute Gasteiger partial charge is 0.497 e. The highest BCUT2D eigenvalue weighted by molar-refractivity contribution is 9.10. The summed E-state index contributed by atoms with van der Waals surface area (Å²) in [6.07, 6.45) is 0.760. The predicted molar refractivity (Wildman–Crippen MR) is 109 cm³/mol. The van der Waals surface area contributed by atoms with Gasteiger partial charge in [0, 0.05) is 27.9 Å². The summed E-state index contributed by atoms with van der Waals surface area (Å²) >= 11 is 5.07. The molecule has 3 rings (SSSR count). The van der Waals surface area contributed by atoms with E-state index in [2.05, 4.69) is 26.2 Å². The van der Waals surface area contributed by atoms with Crippen LogP contribution in [0, 0.1) is 6.92 Å². The summed E-state index contributed by atoms with van der Waals surface area (Å²) in [6.45, 7) is 2.58. The monoisotopic (exact) mass is 430 g/mol. The number of hydrogen-bond donors (Lipinski definition) is 1.